The first-order chi connectivity index (χ1) is 5.16. The molecule has 0 aliphatic carbocycles. The van der Waals surface area contributed by atoms with Gasteiger partial charge < -0.3 is 5.73 Å². The Labute approximate surface area is 67.5 Å². The summed E-state index contributed by atoms with van der Waals surface area (Å²) in [6.45, 7) is 5.50. The summed E-state index contributed by atoms with van der Waals surface area (Å²) < 4.78 is 0. The lowest BCUT2D eigenvalue weighted by Crippen LogP contribution is -2.11. The van der Waals surface area contributed by atoms with Gasteiger partial charge in [0, 0.05) is 18.7 Å². The van der Waals surface area contributed by atoms with E-state index in [-0.39, 0.29) is 11.9 Å². The molecule has 0 bridgehead atoms. The van der Waals surface area contributed by atoms with Crippen molar-refractivity contribution in [1.29, 1.82) is 5.41 Å². The summed E-state index contributed by atoms with van der Waals surface area (Å²) in [5.74, 6) is 0.227. The van der Waals surface area contributed by atoms with Crippen LogP contribution in [0.5, 0.6) is 0 Å². The number of rotatable bonds is 5. The number of hydrogen-bond donors (Lipinski definition) is 2. The van der Waals surface area contributed by atoms with Crippen LogP contribution in [0.25, 0.3) is 0 Å². The Kier molecular flexibility index (Phi) is 5.07. The van der Waals surface area contributed by atoms with Crippen molar-refractivity contribution < 1.29 is 0 Å². The van der Waals surface area contributed by atoms with Crippen LogP contribution < -0.4 is 5.73 Å². The third kappa shape index (κ3) is 6.77. The van der Waals surface area contributed by atoms with Crippen LogP contribution in [0.3, 0.4) is 0 Å². The predicted octanol–water partition coefficient (Wildman–Crippen LogP) is 1.35. The highest BCUT2D eigenvalue weighted by atomic mass is 14.8. The van der Waals surface area contributed by atoms with Crippen LogP contribution in [0.15, 0.2) is 17.6 Å². The van der Waals surface area contributed by atoms with E-state index in [1.165, 1.54) is 0 Å². The summed E-state index contributed by atoms with van der Waals surface area (Å²) in [7, 11) is 0. The van der Waals surface area contributed by atoms with E-state index in [0.717, 1.165) is 6.42 Å². The molecule has 0 heterocycles. The van der Waals surface area contributed by atoms with Gasteiger partial charge in [0.15, 0.2) is 0 Å². The molecule has 0 aliphatic rings. The third-order valence-electron chi connectivity index (χ3n) is 1.28. The summed E-state index contributed by atoms with van der Waals surface area (Å²) in [5.41, 5.74) is 5.18. The van der Waals surface area contributed by atoms with Gasteiger partial charge in [-0.3, -0.25) is 10.4 Å². The van der Waals surface area contributed by atoms with Crippen LogP contribution >= 0.6 is 0 Å². The summed E-state index contributed by atoms with van der Waals surface area (Å²) >= 11 is 0. The molecule has 11 heavy (non-hydrogen) atoms. The highest BCUT2D eigenvalue weighted by Gasteiger charge is 1.97. The highest BCUT2D eigenvalue weighted by molar-refractivity contribution is 5.76. The van der Waals surface area contributed by atoms with Gasteiger partial charge in [-0.15, -0.1) is 0 Å². The molecule has 0 fully saturated rings. The maximum Gasteiger partial charge on any atom is 0.0906 e. The van der Waals surface area contributed by atoms with Gasteiger partial charge in [-0.1, -0.05) is 12.7 Å². The molecule has 1 unspecified atom stereocenters. The van der Waals surface area contributed by atoms with Crippen molar-refractivity contribution in [2.24, 2.45) is 10.7 Å². The molecule has 0 aromatic rings. The molecule has 0 amide bonds. The fourth-order valence-electron chi connectivity index (χ4n) is 0.647. The van der Waals surface area contributed by atoms with Gasteiger partial charge in [0.2, 0.25) is 0 Å². The Balaban J connectivity index is 3.51. The molecule has 62 valence electrons. The van der Waals surface area contributed by atoms with Gasteiger partial charge in [-0.25, -0.2) is 0 Å². The minimum Gasteiger partial charge on any atom is -0.388 e. The van der Waals surface area contributed by atoms with Crippen LogP contribution in [0.1, 0.15) is 19.8 Å². The third-order valence-corrected chi connectivity index (χ3v) is 1.28. The highest BCUT2D eigenvalue weighted by Crippen LogP contribution is 1.99. The van der Waals surface area contributed by atoms with Crippen molar-refractivity contribution in [2.45, 2.75) is 25.8 Å². The summed E-state index contributed by atoms with van der Waals surface area (Å²) in [6.07, 6.45) is 4.77. The van der Waals surface area contributed by atoms with E-state index in [1.807, 2.05) is 6.92 Å². The van der Waals surface area contributed by atoms with Crippen LogP contribution in [0, 0.1) is 5.41 Å². The van der Waals surface area contributed by atoms with Gasteiger partial charge in [0.25, 0.3) is 0 Å². The first-order valence-electron chi connectivity index (χ1n) is 3.64. The van der Waals surface area contributed by atoms with Crippen LogP contribution in [0.4, 0.5) is 0 Å². The molecule has 0 spiro atoms. The predicted molar refractivity (Wildman–Crippen MR) is 49.3 cm³/mol. The van der Waals surface area contributed by atoms with E-state index in [0.29, 0.717) is 6.42 Å². The molecule has 3 heteroatoms. The van der Waals surface area contributed by atoms with E-state index in [2.05, 4.69) is 11.6 Å². The number of aliphatic imine (C=N–C) groups is 1. The molecule has 3 N–H and O–H groups in total. The SMILES string of the molecule is C=C/C=N\C(C)CCC(=N)N. The lowest BCUT2D eigenvalue weighted by molar-refractivity contribution is 0.690. The maximum atomic E-state index is 6.97. The number of nitrogens with one attached hydrogen (secondary N) is 1. The lowest BCUT2D eigenvalue weighted by Gasteiger charge is -2.02. The summed E-state index contributed by atoms with van der Waals surface area (Å²) in [6, 6.07) is 0.233. The van der Waals surface area contributed by atoms with Crippen molar-refractivity contribution in [3.05, 3.63) is 12.7 Å². The first-order valence-corrected chi connectivity index (χ1v) is 3.64. The van der Waals surface area contributed by atoms with E-state index < -0.39 is 0 Å². The zero-order valence-corrected chi connectivity index (χ0v) is 6.88. The standard InChI is InChI=1S/C8H15N3/c1-3-6-11-7(2)4-5-8(9)10/h3,6-7H,1,4-5H2,2H3,(H3,9,10)/b11-6-. The quantitative estimate of drug-likeness (QED) is 0.454. The van der Waals surface area contributed by atoms with Crippen molar-refractivity contribution >= 4 is 12.1 Å². The summed E-state index contributed by atoms with van der Waals surface area (Å²) in [4.78, 5) is 4.12. The van der Waals surface area contributed by atoms with Gasteiger partial charge in [0.1, 0.15) is 0 Å². The second-order valence-corrected chi connectivity index (χ2v) is 2.45. The second-order valence-electron chi connectivity index (χ2n) is 2.45. The smallest absolute Gasteiger partial charge is 0.0906 e. The largest absolute Gasteiger partial charge is 0.388 e. The number of hydrogen-bond acceptors (Lipinski definition) is 2. The fraction of sp³-hybridized carbons (Fsp3) is 0.500. The van der Waals surface area contributed by atoms with Crippen LogP contribution in [-0.4, -0.2) is 18.1 Å². The Morgan fingerprint density at radius 3 is 2.91 bits per heavy atom. The minimum atomic E-state index is 0.227. The lowest BCUT2D eigenvalue weighted by atomic mass is 10.2. The number of allylic oxidation sites excluding steroid dienone is 1. The molecule has 0 aromatic carbocycles. The second kappa shape index (κ2) is 5.65. The van der Waals surface area contributed by atoms with Crippen molar-refractivity contribution in [2.75, 3.05) is 0 Å². The monoisotopic (exact) mass is 153 g/mol. The molecular formula is C8H15N3. The van der Waals surface area contributed by atoms with Crippen LogP contribution in [0.2, 0.25) is 0 Å². The van der Waals surface area contributed by atoms with Gasteiger partial charge in [0.05, 0.1) is 5.84 Å². The van der Waals surface area contributed by atoms with Gasteiger partial charge in [-0.05, 0) is 13.3 Å². The molecular weight excluding hydrogens is 138 g/mol. The molecule has 0 rings (SSSR count). The minimum absolute atomic E-state index is 0.227. The average Bonchev–Trinajstić information content (AvgIpc) is 1.97. The first kappa shape index (κ1) is 9.88. The molecule has 1 atom stereocenters. The van der Waals surface area contributed by atoms with E-state index in [1.54, 1.807) is 12.3 Å². The van der Waals surface area contributed by atoms with Crippen molar-refractivity contribution in [1.82, 2.24) is 0 Å². The normalized spacial score (nSPS) is 13.2. The Morgan fingerprint density at radius 2 is 2.45 bits per heavy atom. The zero-order chi connectivity index (χ0) is 8.69. The van der Waals surface area contributed by atoms with E-state index in [4.69, 9.17) is 11.1 Å². The molecule has 0 radical (unpaired) electrons. The molecule has 0 aliphatic heterocycles. The van der Waals surface area contributed by atoms with Gasteiger partial charge >= 0.3 is 0 Å². The Bertz CT molecular complexity index is 161. The van der Waals surface area contributed by atoms with E-state index in [9.17, 15) is 0 Å². The number of amidine groups is 1. The van der Waals surface area contributed by atoms with Crippen molar-refractivity contribution in [3.63, 3.8) is 0 Å². The Morgan fingerprint density at radius 1 is 1.82 bits per heavy atom. The van der Waals surface area contributed by atoms with E-state index >= 15 is 0 Å². The maximum absolute atomic E-state index is 6.97. The molecule has 0 saturated heterocycles. The van der Waals surface area contributed by atoms with Crippen molar-refractivity contribution in [3.8, 4) is 0 Å². The fourth-order valence-corrected chi connectivity index (χ4v) is 0.647. The zero-order valence-electron chi connectivity index (χ0n) is 6.88. The molecule has 3 nitrogen and oxygen atoms in total. The number of nitrogens with zero attached hydrogens (tertiary/aromatic N) is 1. The Hall–Kier alpha value is -1.12. The van der Waals surface area contributed by atoms with Gasteiger partial charge in [-0.2, -0.15) is 0 Å². The van der Waals surface area contributed by atoms with Crippen LogP contribution in [-0.2, 0) is 0 Å². The number of nitrogens with two attached hydrogens (primary N) is 1. The average molecular weight is 153 g/mol. The topological polar surface area (TPSA) is 62.2 Å². The molecule has 0 aromatic heterocycles. The summed E-state index contributed by atoms with van der Waals surface area (Å²) in [5, 5.41) is 6.97. The molecule has 0 saturated carbocycles.